The van der Waals surface area contributed by atoms with Gasteiger partial charge in [0.25, 0.3) is 0 Å². The second-order valence-corrected chi connectivity index (χ2v) is 5.78. The molecule has 1 aliphatic rings. The molecular formula is C16H25Cl2F2N3O. The maximum absolute atomic E-state index is 13.7. The summed E-state index contributed by atoms with van der Waals surface area (Å²) in [6.45, 7) is 3.11. The lowest BCUT2D eigenvalue weighted by Gasteiger charge is -2.32. The molecule has 3 N–H and O–H groups in total. The molecule has 0 aromatic heterocycles. The molecule has 1 saturated heterocycles. The maximum atomic E-state index is 13.7. The van der Waals surface area contributed by atoms with Gasteiger partial charge < -0.3 is 11.1 Å². The molecule has 1 amide bonds. The third-order valence-corrected chi connectivity index (χ3v) is 4.09. The highest BCUT2D eigenvalue weighted by Gasteiger charge is 2.21. The van der Waals surface area contributed by atoms with Crippen LogP contribution in [-0.4, -0.2) is 37.0 Å². The summed E-state index contributed by atoms with van der Waals surface area (Å²) in [6.07, 6.45) is 2.25. The van der Waals surface area contributed by atoms with Crippen LogP contribution in [0.2, 0.25) is 0 Å². The zero-order chi connectivity index (χ0) is 15.9. The first kappa shape index (κ1) is 23.1. The van der Waals surface area contributed by atoms with E-state index in [1.54, 1.807) is 6.07 Å². The normalized spacial score (nSPS) is 15.3. The number of likely N-dealkylation sites (tertiary alicyclic amines) is 1. The zero-order valence-corrected chi connectivity index (χ0v) is 15.1. The Balaban J connectivity index is 0.00000264. The minimum atomic E-state index is -0.796. The fraction of sp³-hybridized carbons (Fsp3) is 0.562. The topological polar surface area (TPSA) is 58.4 Å². The van der Waals surface area contributed by atoms with Crippen molar-refractivity contribution in [2.24, 2.45) is 11.7 Å². The lowest BCUT2D eigenvalue weighted by Crippen LogP contribution is -2.38. The predicted octanol–water partition coefficient (Wildman–Crippen LogP) is 2.49. The molecule has 0 atom stereocenters. The molecule has 24 heavy (non-hydrogen) atoms. The van der Waals surface area contributed by atoms with Crippen LogP contribution >= 0.6 is 24.8 Å². The molecule has 1 aliphatic heterocycles. The summed E-state index contributed by atoms with van der Waals surface area (Å²) in [4.78, 5) is 13.5. The van der Waals surface area contributed by atoms with Gasteiger partial charge in [0.15, 0.2) is 11.6 Å². The van der Waals surface area contributed by atoms with Gasteiger partial charge in [-0.2, -0.15) is 0 Å². The van der Waals surface area contributed by atoms with Gasteiger partial charge in [0.05, 0.1) is 0 Å². The van der Waals surface area contributed by atoms with Gasteiger partial charge in [-0.05, 0) is 37.9 Å². The summed E-state index contributed by atoms with van der Waals surface area (Å²) in [5, 5.41) is 2.89. The number of benzene rings is 1. The van der Waals surface area contributed by atoms with Crippen molar-refractivity contribution in [2.75, 3.05) is 26.2 Å². The number of rotatable bonds is 6. The van der Waals surface area contributed by atoms with Crippen LogP contribution in [0.15, 0.2) is 18.2 Å². The number of halogens is 4. The number of carbonyl (C=O) groups excluding carboxylic acids is 1. The van der Waals surface area contributed by atoms with E-state index in [-0.39, 0.29) is 30.7 Å². The lowest BCUT2D eigenvalue weighted by atomic mass is 9.96. The van der Waals surface area contributed by atoms with Crippen LogP contribution in [0.1, 0.15) is 24.8 Å². The van der Waals surface area contributed by atoms with Crippen LogP contribution in [0.25, 0.3) is 0 Å². The average Bonchev–Trinajstić information content (AvgIpc) is 2.51. The number of piperidine rings is 1. The Labute approximate surface area is 154 Å². The molecule has 138 valence electrons. The fourth-order valence-electron chi connectivity index (χ4n) is 2.74. The molecule has 0 saturated carbocycles. The highest BCUT2D eigenvalue weighted by atomic mass is 35.5. The van der Waals surface area contributed by atoms with E-state index in [9.17, 15) is 13.6 Å². The molecule has 1 heterocycles. The first-order valence-electron chi connectivity index (χ1n) is 7.72. The minimum absolute atomic E-state index is 0. The van der Waals surface area contributed by atoms with Gasteiger partial charge in [0.1, 0.15) is 0 Å². The second-order valence-electron chi connectivity index (χ2n) is 5.78. The van der Waals surface area contributed by atoms with Gasteiger partial charge in [-0.25, -0.2) is 8.78 Å². The molecule has 0 bridgehead atoms. The number of nitrogens with zero attached hydrogens (tertiary/aromatic N) is 1. The van der Waals surface area contributed by atoms with E-state index in [1.165, 1.54) is 6.07 Å². The monoisotopic (exact) mass is 383 g/mol. The largest absolute Gasteiger partial charge is 0.356 e. The summed E-state index contributed by atoms with van der Waals surface area (Å²) >= 11 is 0. The summed E-state index contributed by atoms with van der Waals surface area (Å²) in [7, 11) is 0. The Morgan fingerprint density at radius 3 is 2.54 bits per heavy atom. The highest BCUT2D eigenvalue weighted by molar-refractivity contribution is 5.85. The number of amides is 1. The SMILES string of the molecule is Cl.Cl.NCCC(=O)NCC1CCN(Cc2cccc(F)c2F)CC1. The van der Waals surface area contributed by atoms with Gasteiger partial charge in [0.2, 0.25) is 5.91 Å². The Morgan fingerprint density at radius 2 is 1.92 bits per heavy atom. The van der Waals surface area contributed by atoms with Crippen LogP contribution in [0, 0.1) is 17.6 Å². The third-order valence-electron chi connectivity index (χ3n) is 4.09. The molecule has 1 aromatic carbocycles. The van der Waals surface area contributed by atoms with E-state index in [0.29, 0.717) is 37.5 Å². The number of hydrogen-bond donors (Lipinski definition) is 2. The molecule has 2 rings (SSSR count). The fourth-order valence-corrected chi connectivity index (χ4v) is 2.74. The van der Waals surface area contributed by atoms with E-state index in [2.05, 4.69) is 10.2 Å². The van der Waals surface area contributed by atoms with Crippen molar-refractivity contribution < 1.29 is 13.6 Å². The first-order chi connectivity index (χ1) is 10.6. The molecule has 4 nitrogen and oxygen atoms in total. The van der Waals surface area contributed by atoms with E-state index in [4.69, 9.17) is 5.73 Å². The van der Waals surface area contributed by atoms with Crippen LogP contribution in [0.5, 0.6) is 0 Å². The number of carbonyl (C=O) groups is 1. The standard InChI is InChI=1S/C16H23F2N3O.2ClH/c17-14-3-1-2-13(16(14)18)11-21-8-5-12(6-9-21)10-20-15(22)4-7-19;;/h1-3,12H,4-11,19H2,(H,20,22);2*1H. The van der Waals surface area contributed by atoms with Crippen molar-refractivity contribution in [2.45, 2.75) is 25.8 Å². The van der Waals surface area contributed by atoms with Gasteiger partial charge in [-0.3, -0.25) is 9.69 Å². The van der Waals surface area contributed by atoms with Crippen LogP contribution in [0.3, 0.4) is 0 Å². The van der Waals surface area contributed by atoms with Gasteiger partial charge >= 0.3 is 0 Å². The lowest BCUT2D eigenvalue weighted by molar-refractivity contribution is -0.121. The van der Waals surface area contributed by atoms with Crippen LogP contribution in [0.4, 0.5) is 8.78 Å². The number of nitrogens with one attached hydrogen (secondary N) is 1. The van der Waals surface area contributed by atoms with Crippen molar-refractivity contribution >= 4 is 30.7 Å². The molecule has 1 fully saturated rings. The number of nitrogens with two attached hydrogens (primary N) is 1. The smallest absolute Gasteiger partial charge is 0.221 e. The summed E-state index contributed by atoms with van der Waals surface area (Å²) in [6, 6.07) is 4.29. The van der Waals surface area contributed by atoms with Gasteiger partial charge in [0, 0.05) is 31.6 Å². The van der Waals surface area contributed by atoms with Crippen molar-refractivity contribution in [3.05, 3.63) is 35.4 Å². The molecule has 0 aliphatic carbocycles. The van der Waals surface area contributed by atoms with Crippen molar-refractivity contribution in [3.63, 3.8) is 0 Å². The highest BCUT2D eigenvalue weighted by Crippen LogP contribution is 2.20. The Bertz CT molecular complexity index is 512. The average molecular weight is 384 g/mol. The van der Waals surface area contributed by atoms with E-state index >= 15 is 0 Å². The predicted molar refractivity (Wildman–Crippen MR) is 95.5 cm³/mol. The summed E-state index contributed by atoms with van der Waals surface area (Å²) in [5.74, 6) is -1.12. The maximum Gasteiger partial charge on any atom is 0.221 e. The Hall–Kier alpha value is -0.950. The summed E-state index contributed by atoms with van der Waals surface area (Å²) in [5.41, 5.74) is 5.73. The third kappa shape index (κ3) is 6.89. The zero-order valence-electron chi connectivity index (χ0n) is 13.5. The molecule has 0 spiro atoms. The van der Waals surface area contributed by atoms with Gasteiger partial charge in [-0.15, -0.1) is 24.8 Å². The first-order valence-corrected chi connectivity index (χ1v) is 7.72. The quantitative estimate of drug-likeness (QED) is 0.793. The van der Waals surface area contributed by atoms with E-state index in [1.807, 2.05) is 0 Å². The van der Waals surface area contributed by atoms with Crippen LogP contribution in [-0.2, 0) is 11.3 Å². The van der Waals surface area contributed by atoms with E-state index in [0.717, 1.165) is 32.0 Å². The molecule has 8 heteroatoms. The van der Waals surface area contributed by atoms with Crippen molar-refractivity contribution in [3.8, 4) is 0 Å². The Kier molecular flexibility index (Phi) is 11.1. The second kappa shape index (κ2) is 11.6. The van der Waals surface area contributed by atoms with E-state index < -0.39 is 11.6 Å². The van der Waals surface area contributed by atoms with Crippen molar-refractivity contribution in [1.29, 1.82) is 0 Å². The summed E-state index contributed by atoms with van der Waals surface area (Å²) < 4.78 is 26.8. The molecule has 0 radical (unpaired) electrons. The number of hydrogen-bond acceptors (Lipinski definition) is 3. The Morgan fingerprint density at radius 1 is 1.25 bits per heavy atom. The molecular weight excluding hydrogens is 359 g/mol. The molecule has 1 aromatic rings. The van der Waals surface area contributed by atoms with Gasteiger partial charge in [-0.1, -0.05) is 12.1 Å². The molecule has 0 unspecified atom stereocenters. The van der Waals surface area contributed by atoms with Crippen LogP contribution < -0.4 is 11.1 Å². The minimum Gasteiger partial charge on any atom is -0.356 e. The van der Waals surface area contributed by atoms with Crippen molar-refractivity contribution in [1.82, 2.24) is 10.2 Å².